The molecule has 1 aliphatic rings. The number of nitrogens with zero attached hydrogens (tertiary/aromatic N) is 3. The molecule has 1 saturated heterocycles. The largest absolute Gasteiger partial charge is 0.435 e. The predicted molar refractivity (Wildman–Crippen MR) is 112 cm³/mol. The van der Waals surface area contributed by atoms with Gasteiger partial charge in [0.2, 0.25) is 5.91 Å². The molecule has 1 aliphatic heterocycles. The number of aryl methyl sites for hydroxylation is 1. The Morgan fingerprint density at radius 3 is 2.50 bits per heavy atom. The lowest BCUT2D eigenvalue weighted by atomic mass is 10.1. The SMILES string of the molecule is CCc1nc(CN2CCN(C(=O)C=Cc3ccc(OC(F)F)cc3OC(F)F)CC2)cs1. The van der Waals surface area contributed by atoms with Crippen molar-refractivity contribution >= 4 is 23.3 Å². The van der Waals surface area contributed by atoms with E-state index >= 15 is 0 Å². The quantitative estimate of drug-likeness (QED) is 0.402. The summed E-state index contributed by atoms with van der Waals surface area (Å²) in [6.07, 6.45) is 3.48. The summed E-state index contributed by atoms with van der Waals surface area (Å²) in [6.45, 7) is -1.02. The molecular formula is C21H23F4N3O3S. The Bertz CT molecular complexity index is 931. The molecule has 1 fully saturated rings. The Kier molecular flexibility index (Phi) is 8.46. The van der Waals surface area contributed by atoms with E-state index in [1.165, 1.54) is 24.3 Å². The highest BCUT2D eigenvalue weighted by Gasteiger charge is 2.20. The summed E-state index contributed by atoms with van der Waals surface area (Å²) >= 11 is 1.64. The molecule has 0 unspecified atom stereocenters. The van der Waals surface area contributed by atoms with Gasteiger partial charge in [0.05, 0.1) is 10.7 Å². The summed E-state index contributed by atoms with van der Waals surface area (Å²) in [6, 6.07) is 3.40. The number of rotatable bonds is 9. The second-order valence-electron chi connectivity index (χ2n) is 6.98. The van der Waals surface area contributed by atoms with Crippen molar-refractivity contribution in [3.63, 3.8) is 0 Å². The number of carbonyl (C=O) groups excluding carboxylic acids is 1. The fourth-order valence-corrected chi connectivity index (χ4v) is 3.97. The van der Waals surface area contributed by atoms with E-state index in [2.05, 4.69) is 31.7 Å². The third-order valence-electron chi connectivity index (χ3n) is 4.80. The van der Waals surface area contributed by atoms with Crippen molar-refractivity contribution in [1.82, 2.24) is 14.8 Å². The number of hydrogen-bond acceptors (Lipinski definition) is 6. The zero-order valence-electron chi connectivity index (χ0n) is 17.3. The van der Waals surface area contributed by atoms with Crippen LogP contribution < -0.4 is 9.47 Å². The van der Waals surface area contributed by atoms with Crippen molar-refractivity contribution in [3.05, 3.63) is 45.9 Å². The third kappa shape index (κ3) is 6.92. The molecule has 1 amide bonds. The summed E-state index contributed by atoms with van der Waals surface area (Å²) in [5, 5.41) is 3.15. The molecule has 2 heterocycles. The number of benzene rings is 1. The summed E-state index contributed by atoms with van der Waals surface area (Å²) in [7, 11) is 0. The van der Waals surface area contributed by atoms with Crippen LogP contribution in [0.1, 0.15) is 23.2 Å². The van der Waals surface area contributed by atoms with Crippen molar-refractivity contribution in [2.75, 3.05) is 26.2 Å². The van der Waals surface area contributed by atoms with Gasteiger partial charge in [-0.05, 0) is 24.6 Å². The Hall–Kier alpha value is -2.66. The maximum absolute atomic E-state index is 12.7. The predicted octanol–water partition coefficient (Wildman–Crippen LogP) is 4.27. The van der Waals surface area contributed by atoms with Crippen LogP contribution in [0, 0.1) is 0 Å². The van der Waals surface area contributed by atoms with Crippen molar-refractivity contribution in [2.45, 2.75) is 33.1 Å². The average molecular weight is 473 g/mol. The van der Waals surface area contributed by atoms with Gasteiger partial charge in [-0.3, -0.25) is 9.69 Å². The number of hydrogen-bond donors (Lipinski definition) is 0. The zero-order valence-corrected chi connectivity index (χ0v) is 18.2. The molecule has 2 aromatic rings. The number of alkyl halides is 4. The molecule has 1 aromatic carbocycles. The van der Waals surface area contributed by atoms with Gasteiger partial charge in [-0.2, -0.15) is 17.6 Å². The van der Waals surface area contributed by atoms with Crippen LogP contribution in [-0.2, 0) is 17.8 Å². The highest BCUT2D eigenvalue weighted by atomic mass is 32.1. The highest BCUT2D eigenvalue weighted by molar-refractivity contribution is 7.09. The van der Waals surface area contributed by atoms with Crippen molar-refractivity contribution in [2.24, 2.45) is 0 Å². The molecule has 0 radical (unpaired) electrons. The third-order valence-corrected chi connectivity index (χ3v) is 5.85. The van der Waals surface area contributed by atoms with Crippen LogP contribution in [0.25, 0.3) is 6.08 Å². The number of aromatic nitrogens is 1. The molecule has 0 aliphatic carbocycles. The first kappa shape index (κ1) is 24.0. The van der Waals surface area contributed by atoms with Crippen LogP contribution in [0.5, 0.6) is 11.5 Å². The minimum absolute atomic E-state index is 0.147. The van der Waals surface area contributed by atoms with Crippen molar-refractivity contribution in [3.8, 4) is 11.5 Å². The van der Waals surface area contributed by atoms with Crippen molar-refractivity contribution in [1.29, 1.82) is 0 Å². The number of piperazine rings is 1. The van der Waals surface area contributed by atoms with Crippen LogP contribution >= 0.6 is 11.3 Å². The van der Waals surface area contributed by atoms with Crippen LogP contribution in [0.15, 0.2) is 29.7 Å². The number of ether oxygens (including phenoxy) is 2. The Morgan fingerprint density at radius 1 is 1.16 bits per heavy atom. The molecule has 11 heteroatoms. The lowest BCUT2D eigenvalue weighted by molar-refractivity contribution is -0.127. The molecule has 1 aromatic heterocycles. The van der Waals surface area contributed by atoms with E-state index in [0.717, 1.165) is 29.7 Å². The smallest absolute Gasteiger partial charge is 0.387 e. The fourth-order valence-electron chi connectivity index (χ4n) is 3.23. The van der Waals surface area contributed by atoms with E-state index in [1.54, 1.807) is 16.2 Å². The van der Waals surface area contributed by atoms with E-state index in [9.17, 15) is 22.4 Å². The number of halogens is 4. The molecule has 174 valence electrons. The minimum Gasteiger partial charge on any atom is -0.435 e. The van der Waals surface area contributed by atoms with Crippen LogP contribution in [0.4, 0.5) is 17.6 Å². The topological polar surface area (TPSA) is 54.9 Å². The number of amides is 1. The van der Waals surface area contributed by atoms with Crippen molar-refractivity contribution < 1.29 is 31.8 Å². The molecule has 0 atom stereocenters. The number of carbonyl (C=O) groups is 1. The maximum atomic E-state index is 12.7. The monoisotopic (exact) mass is 473 g/mol. The van der Waals surface area contributed by atoms with E-state index in [1.807, 2.05) is 0 Å². The van der Waals surface area contributed by atoms with Crippen LogP contribution in [0.2, 0.25) is 0 Å². The molecule has 0 spiro atoms. The van der Waals surface area contributed by atoms with Gasteiger partial charge in [-0.25, -0.2) is 4.98 Å². The zero-order chi connectivity index (χ0) is 23.1. The van der Waals surface area contributed by atoms with Gasteiger partial charge >= 0.3 is 13.2 Å². The molecule has 0 N–H and O–H groups in total. The molecule has 32 heavy (non-hydrogen) atoms. The Balaban J connectivity index is 1.57. The highest BCUT2D eigenvalue weighted by Crippen LogP contribution is 2.28. The summed E-state index contributed by atoms with van der Waals surface area (Å²) in [5.74, 6) is -0.953. The normalized spacial score (nSPS) is 15.2. The van der Waals surface area contributed by atoms with Gasteiger partial charge in [-0.15, -0.1) is 11.3 Å². The summed E-state index contributed by atoms with van der Waals surface area (Å²) in [4.78, 5) is 21.0. The first-order chi connectivity index (χ1) is 15.3. The lowest BCUT2D eigenvalue weighted by Gasteiger charge is -2.33. The molecule has 6 nitrogen and oxygen atoms in total. The minimum atomic E-state index is -3.15. The first-order valence-corrected chi connectivity index (χ1v) is 10.9. The van der Waals surface area contributed by atoms with E-state index in [-0.39, 0.29) is 23.0 Å². The lowest BCUT2D eigenvalue weighted by Crippen LogP contribution is -2.47. The second kappa shape index (κ2) is 11.3. The van der Waals surface area contributed by atoms with E-state index in [0.29, 0.717) is 26.2 Å². The number of thiazole rings is 1. The van der Waals surface area contributed by atoms with Gasteiger partial charge in [0, 0.05) is 55.8 Å². The molecule has 0 saturated carbocycles. The molecule has 0 bridgehead atoms. The Morgan fingerprint density at radius 2 is 1.88 bits per heavy atom. The van der Waals surface area contributed by atoms with E-state index < -0.39 is 13.2 Å². The van der Waals surface area contributed by atoms with Crippen LogP contribution in [-0.4, -0.2) is 60.1 Å². The van der Waals surface area contributed by atoms with Gasteiger partial charge in [0.25, 0.3) is 0 Å². The maximum Gasteiger partial charge on any atom is 0.387 e. The van der Waals surface area contributed by atoms with Gasteiger partial charge < -0.3 is 14.4 Å². The van der Waals surface area contributed by atoms with Crippen LogP contribution in [0.3, 0.4) is 0 Å². The fraction of sp³-hybridized carbons (Fsp3) is 0.429. The average Bonchev–Trinajstić information content (AvgIpc) is 3.20. The Labute approximate surface area is 187 Å². The second-order valence-corrected chi connectivity index (χ2v) is 7.92. The molecular weight excluding hydrogens is 450 g/mol. The van der Waals surface area contributed by atoms with E-state index in [4.69, 9.17) is 0 Å². The standard InChI is InChI=1S/C21H23F4N3O3S/c1-2-18-26-15(13-32-18)12-27-7-9-28(10-8-27)19(29)6-4-14-3-5-16(30-20(22)23)11-17(14)31-21(24)25/h3-6,11,13,20-21H,2,7-10,12H2,1H3. The van der Waals surface area contributed by atoms with Gasteiger partial charge in [-0.1, -0.05) is 6.92 Å². The summed E-state index contributed by atoms with van der Waals surface area (Å²) < 4.78 is 58.7. The summed E-state index contributed by atoms with van der Waals surface area (Å²) in [5.41, 5.74) is 1.17. The van der Waals surface area contributed by atoms with Gasteiger partial charge in [0.1, 0.15) is 11.5 Å². The van der Waals surface area contributed by atoms with Gasteiger partial charge in [0.15, 0.2) is 0 Å². The first-order valence-electron chi connectivity index (χ1n) is 10.0. The molecule has 3 rings (SSSR count).